The van der Waals surface area contributed by atoms with Crippen molar-refractivity contribution in [2.45, 2.75) is 12.3 Å². The molecule has 0 aliphatic rings. The number of rotatable bonds is 5. The van der Waals surface area contributed by atoms with Gasteiger partial charge in [0.05, 0.1) is 18.8 Å². The Morgan fingerprint density at radius 3 is 2.68 bits per heavy atom. The van der Waals surface area contributed by atoms with Gasteiger partial charge in [-0.05, 0) is 11.6 Å². The van der Waals surface area contributed by atoms with Crippen LogP contribution in [0.4, 0.5) is 19.1 Å². The van der Waals surface area contributed by atoms with E-state index in [0.717, 1.165) is 6.07 Å². The molecule has 0 aliphatic heterocycles. The SMILES string of the molecule is COc1ccnc(NCC(O)c2ccccc2C(F)(F)F)n1. The van der Waals surface area contributed by atoms with Crippen molar-refractivity contribution in [3.63, 3.8) is 0 Å². The monoisotopic (exact) mass is 313 g/mol. The summed E-state index contributed by atoms with van der Waals surface area (Å²) in [6.07, 6.45) is -4.44. The summed E-state index contributed by atoms with van der Waals surface area (Å²) in [5.41, 5.74) is -1.07. The Bertz CT molecular complexity index is 635. The number of aliphatic hydroxyl groups excluding tert-OH is 1. The summed E-state index contributed by atoms with van der Waals surface area (Å²) in [4.78, 5) is 7.84. The van der Waals surface area contributed by atoms with Crippen molar-refractivity contribution in [2.24, 2.45) is 0 Å². The van der Waals surface area contributed by atoms with E-state index in [-0.39, 0.29) is 18.1 Å². The average molecular weight is 313 g/mol. The Kier molecular flexibility index (Phi) is 4.81. The molecule has 0 bridgehead atoms. The lowest BCUT2D eigenvalue weighted by atomic mass is 10.0. The van der Waals surface area contributed by atoms with E-state index in [2.05, 4.69) is 15.3 Å². The Labute approximate surface area is 124 Å². The van der Waals surface area contributed by atoms with Crippen LogP contribution in [0.25, 0.3) is 0 Å². The second-order valence-corrected chi connectivity index (χ2v) is 4.40. The quantitative estimate of drug-likeness (QED) is 0.888. The maximum absolute atomic E-state index is 12.9. The number of aliphatic hydroxyl groups is 1. The van der Waals surface area contributed by atoms with E-state index in [1.807, 2.05) is 0 Å². The highest BCUT2D eigenvalue weighted by Gasteiger charge is 2.34. The van der Waals surface area contributed by atoms with Crippen molar-refractivity contribution in [1.29, 1.82) is 0 Å². The number of alkyl halides is 3. The molecule has 1 unspecified atom stereocenters. The van der Waals surface area contributed by atoms with Crippen molar-refractivity contribution < 1.29 is 23.0 Å². The summed E-state index contributed by atoms with van der Waals surface area (Å²) >= 11 is 0. The van der Waals surface area contributed by atoms with Gasteiger partial charge in [-0.15, -0.1) is 0 Å². The van der Waals surface area contributed by atoms with Gasteiger partial charge in [0.15, 0.2) is 0 Å². The fourth-order valence-corrected chi connectivity index (χ4v) is 1.88. The third-order valence-electron chi connectivity index (χ3n) is 2.92. The van der Waals surface area contributed by atoms with E-state index in [0.29, 0.717) is 5.88 Å². The molecule has 1 aromatic heterocycles. The fraction of sp³-hybridized carbons (Fsp3) is 0.286. The van der Waals surface area contributed by atoms with Crippen molar-refractivity contribution in [3.8, 4) is 5.88 Å². The van der Waals surface area contributed by atoms with Crippen LogP contribution in [0, 0.1) is 0 Å². The third-order valence-corrected chi connectivity index (χ3v) is 2.92. The lowest BCUT2D eigenvalue weighted by Gasteiger charge is -2.17. The van der Waals surface area contributed by atoms with Crippen molar-refractivity contribution >= 4 is 5.95 Å². The number of hydrogen-bond donors (Lipinski definition) is 2. The van der Waals surface area contributed by atoms with Crippen LogP contribution >= 0.6 is 0 Å². The zero-order valence-electron chi connectivity index (χ0n) is 11.6. The Hall–Kier alpha value is -2.35. The van der Waals surface area contributed by atoms with Gasteiger partial charge in [0.1, 0.15) is 0 Å². The highest BCUT2D eigenvalue weighted by Crippen LogP contribution is 2.34. The van der Waals surface area contributed by atoms with E-state index in [1.54, 1.807) is 0 Å². The van der Waals surface area contributed by atoms with Crippen LogP contribution in [0.1, 0.15) is 17.2 Å². The Morgan fingerprint density at radius 1 is 1.27 bits per heavy atom. The van der Waals surface area contributed by atoms with Gasteiger partial charge in [0.2, 0.25) is 11.8 Å². The molecule has 0 fully saturated rings. The van der Waals surface area contributed by atoms with Gasteiger partial charge in [-0.3, -0.25) is 0 Å². The van der Waals surface area contributed by atoms with Crippen LogP contribution in [0.5, 0.6) is 5.88 Å². The molecule has 22 heavy (non-hydrogen) atoms. The highest BCUT2D eigenvalue weighted by atomic mass is 19.4. The van der Waals surface area contributed by atoms with Crippen LogP contribution in [0.2, 0.25) is 0 Å². The van der Waals surface area contributed by atoms with Gasteiger partial charge in [-0.25, -0.2) is 4.98 Å². The molecular weight excluding hydrogens is 299 g/mol. The van der Waals surface area contributed by atoms with Gasteiger partial charge in [-0.2, -0.15) is 18.2 Å². The number of methoxy groups -OCH3 is 1. The minimum Gasteiger partial charge on any atom is -0.481 e. The molecule has 8 heteroatoms. The van der Waals surface area contributed by atoms with Gasteiger partial charge >= 0.3 is 6.18 Å². The zero-order valence-corrected chi connectivity index (χ0v) is 11.6. The molecule has 1 aromatic carbocycles. The predicted molar refractivity (Wildman–Crippen MR) is 73.5 cm³/mol. The van der Waals surface area contributed by atoms with Crippen LogP contribution < -0.4 is 10.1 Å². The fourth-order valence-electron chi connectivity index (χ4n) is 1.88. The first-order chi connectivity index (χ1) is 10.4. The summed E-state index contributed by atoms with van der Waals surface area (Å²) in [7, 11) is 1.43. The second kappa shape index (κ2) is 6.61. The van der Waals surface area contributed by atoms with Crippen LogP contribution in [-0.4, -0.2) is 28.7 Å². The zero-order chi connectivity index (χ0) is 16.2. The van der Waals surface area contributed by atoms with Crippen molar-refractivity contribution in [1.82, 2.24) is 9.97 Å². The van der Waals surface area contributed by atoms with Gasteiger partial charge in [0.25, 0.3) is 0 Å². The highest BCUT2D eigenvalue weighted by molar-refractivity contribution is 5.34. The molecule has 0 saturated heterocycles. The first-order valence-electron chi connectivity index (χ1n) is 6.37. The van der Waals surface area contributed by atoms with E-state index in [4.69, 9.17) is 4.74 Å². The molecular formula is C14H14F3N3O2. The maximum atomic E-state index is 12.9. The summed E-state index contributed by atoms with van der Waals surface area (Å²) in [6.45, 7) is -0.166. The number of ether oxygens (including phenoxy) is 1. The number of nitrogens with zero attached hydrogens (tertiary/aromatic N) is 2. The number of nitrogens with one attached hydrogen (secondary N) is 1. The number of aromatic nitrogens is 2. The molecule has 0 saturated carbocycles. The third kappa shape index (κ3) is 3.85. The lowest BCUT2D eigenvalue weighted by Crippen LogP contribution is -2.18. The van der Waals surface area contributed by atoms with Gasteiger partial charge in [-0.1, -0.05) is 18.2 Å². The van der Waals surface area contributed by atoms with Crippen LogP contribution in [-0.2, 0) is 6.18 Å². The predicted octanol–water partition coefficient (Wildman–Crippen LogP) is 2.65. The van der Waals surface area contributed by atoms with E-state index >= 15 is 0 Å². The molecule has 2 N–H and O–H groups in total. The van der Waals surface area contributed by atoms with E-state index in [9.17, 15) is 18.3 Å². The maximum Gasteiger partial charge on any atom is 0.416 e. The Balaban J connectivity index is 2.11. The number of anilines is 1. The molecule has 2 aromatic rings. The topological polar surface area (TPSA) is 67.3 Å². The largest absolute Gasteiger partial charge is 0.481 e. The lowest BCUT2D eigenvalue weighted by molar-refractivity contribution is -0.139. The molecule has 0 amide bonds. The van der Waals surface area contributed by atoms with E-state index < -0.39 is 17.8 Å². The smallest absolute Gasteiger partial charge is 0.416 e. The minimum absolute atomic E-state index is 0.155. The van der Waals surface area contributed by atoms with Crippen molar-refractivity contribution in [3.05, 3.63) is 47.7 Å². The molecule has 1 heterocycles. The van der Waals surface area contributed by atoms with Crippen LogP contribution in [0.3, 0.4) is 0 Å². The number of benzene rings is 1. The second-order valence-electron chi connectivity index (χ2n) is 4.40. The van der Waals surface area contributed by atoms with E-state index in [1.165, 1.54) is 37.6 Å². The first kappa shape index (κ1) is 16.0. The summed E-state index contributed by atoms with van der Waals surface area (Å²) in [5, 5.41) is 12.7. The average Bonchev–Trinajstić information content (AvgIpc) is 2.52. The number of halogens is 3. The number of hydrogen-bond acceptors (Lipinski definition) is 5. The Morgan fingerprint density at radius 2 is 2.00 bits per heavy atom. The molecule has 0 aliphatic carbocycles. The summed E-state index contributed by atoms with van der Waals surface area (Å²) < 4.78 is 43.6. The van der Waals surface area contributed by atoms with Gasteiger partial charge in [0, 0.05) is 18.8 Å². The molecule has 2 rings (SSSR count). The minimum atomic E-state index is -4.52. The van der Waals surface area contributed by atoms with Crippen LogP contribution in [0.15, 0.2) is 36.5 Å². The molecule has 0 radical (unpaired) electrons. The summed E-state index contributed by atoms with van der Waals surface area (Å²) in [5.74, 6) is 0.463. The standard InChI is InChI=1S/C14H14F3N3O2/c1-22-12-6-7-18-13(20-12)19-8-11(21)9-4-2-3-5-10(9)14(15,16)17/h2-7,11,21H,8H2,1H3,(H,18,19,20). The van der Waals surface area contributed by atoms with Gasteiger partial charge < -0.3 is 15.2 Å². The first-order valence-corrected chi connectivity index (χ1v) is 6.37. The van der Waals surface area contributed by atoms with Crippen molar-refractivity contribution in [2.75, 3.05) is 19.0 Å². The normalized spacial score (nSPS) is 12.8. The summed E-state index contributed by atoms with van der Waals surface area (Å²) in [6, 6.07) is 6.41. The molecule has 5 nitrogen and oxygen atoms in total. The molecule has 1 atom stereocenters. The molecule has 0 spiro atoms. The molecule has 118 valence electrons.